The lowest BCUT2D eigenvalue weighted by Crippen LogP contribution is -2.14. The molecule has 0 bridgehead atoms. The molecule has 0 spiro atoms. The summed E-state index contributed by atoms with van der Waals surface area (Å²) in [4.78, 5) is 12.2. The van der Waals surface area contributed by atoms with Gasteiger partial charge in [-0.05, 0) is 47.2 Å². The second kappa shape index (κ2) is 7.10. The second-order valence-corrected chi connectivity index (χ2v) is 5.40. The van der Waals surface area contributed by atoms with Gasteiger partial charge in [-0.15, -0.1) is 10.2 Å². The SMILES string of the molecule is COc1ccc(CC(=O)Nc2ccc(-c3nn[nH]n3)cc2)c(Cl)c1. The molecule has 0 unspecified atom stereocenters. The molecule has 1 aromatic heterocycles. The van der Waals surface area contributed by atoms with Gasteiger partial charge in [-0.3, -0.25) is 4.79 Å². The first-order chi connectivity index (χ1) is 11.7. The molecule has 0 aliphatic heterocycles. The number of H-pyrrole nitrogens is 1. The number of ether oxygens (including phenoxy) is 1. The Labute approximate surface area is 143 Å². The van der Waals surface area contributed by atoms with E-state index in [0.29, 0.717) is 22.3 Å². The van der Waals surface area contributed by atoms with Crippen LogP contribution in [0.4, 0.5) is 5.69 Å². The molecule has 24 heavy (non-hydrogen) atoms. The molecule has 122 valence electrons. The van der Waals surface area contributed by atoms with Gasteiger partial charge in [-0.2, -0.15) is 5.21 Å². The highest BCUT2D eigenvalue weighted by atomic mass is 35.5. The monoisotopic (exact) mass is 343 g/mol. The third-order valence-electron chi connectivity index (χ3n) is 3.38. The van der Waals surface area contributed by atoms with Crippen LogP contribution in [-0.4, -0.2) is 33.6 Å². The lowest BCUT2D eigenvalue weighted by molar-refractivity contribution is -0.115. The largest absolute Gasteiger partial charge is 0.497 e. The number of halogens is 1. The van der Waals surface area contributed by atoms with Crippen molar-refractivity contribution in [1.82, 2.24) is 20.6 Å². The number of carbonyl (C=O) groups excluding carboxylic acids is 1. The number of rotatable bonds is 5. The van der Waals surface area contributed by atoms with Crippen molar-refractivity contribution in [2.24, 2.45) is 0 Å². The van der Waals surface area contributed by atoms with Crippen molar-refractivity contribution in [3.05, 3.63) is 53.1 Å². The molecule has 0 fully saturated rings. The van der Waals surface area contributed by atoms with E-state index < -0.39 is 0 Å². The van der Waals surface area contributed by atoms with Crippen LogP contribution in [0.15, 0.2) is 42.5 Å². The molecule has 0 aliphatic rings. The smallest absolute Gasteiger partial charge is 0.228 e. The van der Waals surface area contributed by atoms with Gasteiger partial charge in [0, 0.05) is 16.3 Å². The third-order valence-corrected chi connectivity index (χ3v) is 3.74. The van der Waals surface area contributed by atoms with Crippen LogP contribution in [0.1, 0.15) is 5.56 Å². The number of hydrogen-bond acceptors (Lipinski definition) is 5. The van der Waals surface area contributed by atoms with E-state index >= 15 is 0 Å². The Morgan fingerprint density at radius 2 is 2.04 bits per heavy atom. The van der Waals surface area contributed by atoms with Crippen molar-refractivity contribution in [2.75, 3.05) is 12.4 Å². The van der Waals surface area contributed by atoms with E-state index in [1.165, 1.54) is 0 Å². The highest BCUT2D eigenvalue weighted by Crippen LogP contribution is 2.23. The number of nitrogens with one attached hydrogen (secondary N) is 2. The van der Waals surface area contributed by atoms with Gasteiger partial charge in [0.2, 0.25) is 11.7 Å². The first-order valence-corrected chi connectivity index (χ1v) is 7.49. The molecule has 0 radical (unpaired) electrons. The van der Waals surface area contributed by atoms with Gasteiger partial charge < -0.3 is 10.1 Å². The van der Waals surface area contributed by atoms with Crippen molar-refractivity contribution in [1.29, 1.82) is 0 Å². The first-order valence-electron chi connectivity index (χ1n) is 7.12. The van der Waals surface area contributed by atoms with E-state index in [-0.39, 0.29) is 12.3 Å². The molecular weight excluding hydrogens is 330 g/mol. The Morgan fingerprint density at radius 3 is 2.67 bits per heavy atom. The van der Waals surface area contributed by atoms with Crippen LogP contribution in [-0.2, 0) is 11.2 Å². The standard InChI is InChI=1S/C16H14ClN5O2/c1-24-13-7-4-11(14(17)9-13)8-15(23)18-12-5-2-10(3-6-12)16-19-21-22-20-16/h2-7,9H,8H2,1H3,(H,18,23)(H,19,20,21,22). The van der Waals surface area contributed by atoms with Gasteiger partial charge >= 0.3 is 0 Å². The van der Waals surface area contributed by atoms with Crippen LogP contribution >= 0.6 is 11.6 Å². The number of anilines is 1. The number of amides is 1. The van der Waals surface area contributed by atoms with E-state index in [9.17, 15) is 4.79 Å². The summed E-state index contributed by atoms with van der Waals surface area (Å²) in [6.45, 7) is 0. The van der Waals surface area contributed by atoms with Crippen LogP contribution in [0.3, 0.4) is 0 Å². The maximum atomic E-state index is 12.2. The Balaban J connectivity index is 1.64. The van der Waals surface area contributed by atoms with E-state index in [2.05, 4.69) is 25.9 Å². The molecule has 3 rings (SSSR count). The number of methoxy groups -OCH3 is 1. The van der Waals surface area contributed by atoms with Gasteiger partial charge in [-0.1, -0.05) is 17.7 Å². The van der Waals surface area contributed by atoms with Crippen LogP contribution in [0.5, 0.6) is 5.75 Å². The predicted molar refractivity (Wildman–Crippen MR) is 90.0 cm³/mol. The fraction of sp³-hybridized carbons (Fsp3) is 0.125. The van der Waals surface area contributed by atoms with Crippen molar-refractivity contribution in [3.63, 3.8) is 0 Å². The number of aromatic nitrogens is 4. The van der Waals surface area contributed by atoms with Gasteiger partial charge in [0.25, 0.3) is 0 Å². The summed E-state index contributed by atoms with van der Waals surface area (Å²) >= 11 is 6.15. The summed E-state index contributed by atoms with van der Waals surface area (Å²) < 4.78 is 5.09. The molecule has 0 aliphatic carbocycles. The number of nitrogens with zero attached hydrogens (tertiary/aromatic N) is 3. The number of aromatic amines is 1. The summed E-state index contributed by atoms with van der Waals surface area (Å²) in [5.74, 6) is 0.994. The molecule has 7 nitrogen and oxygen atoms in total. The molecule has 0 saturated heterocycles. The molecule has 0 saturated carbocycles. The van der Waals surface area contributed by atoms with Crippen LogP contribution in [0.25, 0.3) is 11.4 Å². The summed E-state index contributed by atoms with van der Waals surface area (Å²) in [6, 6.07) is 12.4. The second-order valence-electron chi connectivity index (χ2n) is 5.00. The van der Waals surface area contributed by atoms with Crippen molar-refractivity contribution in [3.8, 4) is 17.1 Å². The Hall–Kier alpha value is -2.93. The molecule has 3 aromatic rings. The van der Waals surface area contributed by atoms with Crippen molar-refractivity contribution in [2.45, 2.75) is 6.42 Å². The minimum Gasteiger partial charge on any atom is -0.497 e. The molecule has 1 heterocycles. The molecule has 0 atom stereocenters. The van der Waals surface area contributed by atoms with E-state index in [1.807, 2.05) is 0 Å². The van der Waals surface area contributed by atoms with Gasteiger partial charge in [0.1, 0.15) is 5.75 Å². The maximum Gasteiger partial charge on any atom is 0.228 e. The summed E-state index contributed by atoms with van der Waals surface area (Å²) in [6.07, 6.45) is 0.176. The topological polar surface area (TPSA) is 92.8 Å². The van der Waals surface area contributed by atoms with Crippen molar-refractivity contribution < 1.29 is 9.53 Å². The maximum absolute atomic E-state index is 12.2. The molecule has 1 amide bonds. The van der Waals surface area contributed by atoms with Gasteiger partial charge in [0.15, 0.2) is 0 Å². The zero-order chi connectivity index (χ0) is 16.9. The molecule has 8 heteroatoms. The van der Waals surface area contributed by atoms with Gasteiger partial charge in [-0.25, -0.2) is 0 Å². The van der Waals surface area contributed by atoms with Crippen molar-refractivity contribution >= 4 is 23.2 Å². The van der Waals surface area contributed by atoms with E-state index in [4.69, 9.17) is 16.3 Å². The summed E-state index contributed by atoms with van der Waals surface area (Å²) in [5, 5.41) is 17.0. The van der Waals surface area contributed by atoms with Crippen LogP contribution < -0.4 is 10.1 Å². The summed E-state index contributed by atoms with van der Waals surface area (Å²) in [7, 11) is 1.57. The number of hydrogen-bond donors (Lipinski definition) is 2. The van der Waals surface area contributed by atoms with Gasteiger partial charge in [0.05, 0.1) is 13.5 Å². The van der Waals surface area contributed by atoms with E-state index in [1.54, 1.807) is 49.6 Å². The Kier molecular flexibility index (Phi) is 4.72. The minimum absolute atomic E-state index is 0.158. The highest BCUT2D eigenvalue weighted by Gasteiger charge is 2.09. The van der Waals surface area contributed by atoms with E-state index in [0.717, 1.165) is 11.1 Å². The average Bonchev–Trinajstić information content (AvgIpc) is 3.12. The minimum atomic E-state index is -0.158. The Morgan fingerprint density at radius 1 is 1.25 bits per heavy atom. The quantitative estimate of drug-likeness (QED) is 0.743. The molecular formula is C16H14ClN5O2. The summed E-state index contributed by atoms with van der Waals surface area (Å²) in [5.41, 5.74) is 2.22. The average molecular weight is 344 g/mol. The molecule has 2 N–H and O–H groups in total. The predicted octanol–water partition coefficient (Wildman–Crippen LogP) is 2.71. The number of tetrazole rings is 1. The number of carbonyl (C=O) groups is 1. The normalized spacial score (nSPS) is 10.4. The number of benzene rings is 2. The van der Waals surface area contributed by atoms with Crippen LogP contribution in [0, 0.1) is 0 Å². The fourth-order valence-corrected chi connectivity index (χ4v) is 2.40. The highest BCUT2D eigenvalue weighted by molar-refractivity contribution is 6.31. The molecule has 2 aromatic carbocycles. The third kappa shape index (κ3) is 3.69. The zero-order valence-corrected chi connectivity index (χ0v) is 13.5. The lowest BCUT2D eigenvalue weighted by atomic mass is 10.1. The fourth-order valence-electron chi connectivity index (χ4n) is 2.16. The zero-order valence-electron chi connectivity index (χ0n) is 12.8. The lowest BCUT2D eigenvalue weighted by Gasteiger charge is -2.08. The van der Waals surface area contributed by atoms with Crippen LogP contribution in [0.2, 0.25) is 5.02 Å². The Bertz CT molecular complexity index is 834. The first kappa shape index (κ1) is 15.9.